The van der Waals surface area contributed by atoms with Gasteiger partial charge < -0.3 is 25.3 Å². The Hall–Kier alpha value is -4.77. The molecule has 0 spiro atoms. The number of amides is 1. The predicted molar refractivity (Wildman–Crippen MR) is 166 cm³/mol. The van der Waals surface area contributed by atoms with Crippen molar-refractivity contribution in [2.75, 3.05) is 41.7 Å². The quantitative estimate of drug-likeness (QED) is 0.268. The van der Waals surface area contributed by atoms with Crippen LogP contribution in [0.4, 0.5) is 17.2 Å². The Bertz CT molecular complexity index is 1760. The van der Waals surface area contributed by atoms with Crippen molar-refractivity contribution in [2.24, 2.45) is 0 Å². The minimum Gasteiger partial charge on any atom is -0.451 e. The molecule has 1 fully saturated rings. The second-order valence-electron chi connectivity index (χ2n) is 10.6. The van der Waals surface area contributed by atoms with E-state index in [1.54, 1.807) is 6.20 Å². The number of piperazine rings is 1. The first-order valence-electron chi connectivity index (χ1n) is 14.0. The SMILES string of the molecule is Nc1c#cc(-c2ccccc2CN2C(=O)c3oc(-c4ccc(Cl)cc4)cc3Cc3cc(N4CCNCC4)ccc32)cn1. The van der Waals surface area contributed by atoms with Gasteiger partial charge in [-0.05, 0) is 71.3 Å². The zero-order valence-electron chi connectivity index (χ0n) is 22.9. The van der Waals surface area contributed by atoms with Crippen LogP contribution < -0.4 is 20.9 Å². The van der Waals surface area contributed by atoms with Crippen LogP contribution >= 0.6 is 11.6 Å². The lowest BCUT2D eigenvalue weighted by Gasteiger charge is -2.31. The lowest BCUT2D eigenvalue weighted by Crippen LogP contribution is -2.43. The fourth-order valence-corrected chi connectivity index (χ4v) is 5.87. The number of anilines is 3. The summed E-state index contributed by atoms with van der Waals surface area (Å²) >= 11 is 6.13. The van der Waals surface area contributed by atoms with Crippen molar-refractivity contribution in [3.05, 3.63) is 119 Å². The summed E-state index contributed by atoms with van der Waals surface area (Å²) in [5, 5.41) is 4.07. The molecule has 0 bridgehead atoms. The number of rotatable bonds is 5. The van der Waals surface area contributed by atoms with Crippen LogP contribution in [0, 0.1) is 12.1 Å². The summed E-state index contributed by atoms with van der Waals surface area (Å²) in [6.45, 7) is 4.11. The van der Waals surface area contributed by atoms with E-state index in [2.05, 4.69) is 45.5 Å². The number of halogens is 1. The molecule has 0 radical (unpaired) electrons. The Morgan fingerprint density at radius 2 is 1.79 bits per heavy atom. The topological polar surface area (TPSA) is 87.6 Å². The molecule has 1 saturated heterocycles. The molecule has 0 atom stereocenters. The van der Waals surface area contributed by atoms with E-state index in [-0.39, 0.29) is 11.7 Å². The van der Waals surface area contributed by atoms with Crippen molar-refractivity contribution >= 4 is 34.7 Å². The van der Waals surface area contributed by atoms with Crippen LogP contribution in [0.15, 0.2) is 83.4 Å². The lowest BCUT2D eigenvalue weighted by atomic mass is 10.0. The van der Waals surface area contributed by atoms with E-state index in [0.717, 1.165) is 70.9 Å². The number of furan rings is 1. The number of aromatic nitrogens is 1. The van der Waals surface area contributed by atoms with Crippen LogP contribution in [-0.4, -0.2) is 37.1 Å². The van der Waals surface area contributed by atoms with Gasteiger partial charge in [-0.15, -0.1) is 0 Å². The predicted octanol–water partition coefficient (Wildman–Crippen LogP) is 6.01. The summed E-state index contributed by atoms with van der Waals surface area (Å²) in [5.74, 6) is 1.10. The number of hydrogen-bond donors (Lipinski definition) is 2. The van der Waals surface area contributed by atoms with Crippen LogP contribution in [0.2, 0.25) is 5.02 Å². The number of fused-ring (bicyclic) bond motifs is 2. The summed E-state index contributed by atoms with van der Waals surface area (Å²) < 4.78 is 6.31. The molecule has 4 heterocycles. The Labute approximate surface area is 249 Å². The van der Waals surface area contributed by atoms with Gasteiger partial charge in [0.15, 0.2) is 11.6 Å². The van der Waals surface area contributed by atoms with Crippen molar-refractivity contribution in [1.29, 1.82) is 0 Å². The number of nitrogens with one attached hydrogen (secondary N) is 1. The number of benzene rings is 3. The smallest absolute Gasteiger partial charge is 0.294 e. The molecule has 7 rings (SSSR count). The van der Waals surface area contributed by atoms with E-state index < -0.39 is 0 Å². The third-order valence-corrected chi connectivity index (χ3v) is 8.14. The first kappa shape index (κ1) is 26.1. The summed E-state index contributed by atoms with van der Waals surface area (Å²) in [6, 6.07) is 29.8. The molecule has 2 aliphatic rings. The molecule has 42 heavy (non-hydrogen) atoms. The van der Waals surface area contributed by atoms with Crippen LogP contribution in [0.5, 0.6) is 0 Å². The number of carbonyl (C=O) groups is 1. The van der Waals surface area contributed by atoms with Crippen molar-refractivity contribution in [2.45, 2.75) is 13.0 Å². The highest BCUT2D eigenvalue weighted by Crippen LogP contribution is 2.38. The number of nitrogens with zero attached hydrogens (tertiary/aromatic N) is 3. The monoisotopic (exact) mass is 573 g/mol. The van der Waals surface area contributed by atoms with E-state index in [1.807, 2.05) is 59.5 Å². The maximum absolute atomic E-state index is 14.3. The first-order chi connectivity index (χ1) is 20.5. The van der Waals surface area contributed by atoms with Crippen molar-refractivity contribution < 1.29 is 9.21 Å². The average molecular weight is 574 g/mol. The van der Waals surface area contributed by atoms with Crippen LogP contribution in [0.3, 0.4) is 0 Å². The molecule has 3 aromatic carbocycles. The van der Waals surface area contributed by atoms with Gasteiger partial charge in [-0.3, -0.25) is 4.79 Å². The molecule has 208 valence electrons. The third kappa shape index (κ3) is 4.96. The number of carbonyl (C=O) groups excluding carboxylic acids is 1. The Morgan fingerprint density at radius 3 is 2.57 bits per heavy atom. The second-order valence-corrected chi connectivity index (χ2v) is 11.0. The molecular weight excluding hydrogens is 546 g/mol. The van der Waals surface area contributed by atoms with Crippen molar-refractivity contribution in [3.63, 3.8) is 0 Å². The second kappa shape index (κ2) is 10.9. The fraction of sp³-hybridized carbons (Fsp3) is 0.176. The average Bonchev–Trinajstić information content (AvgIpc) is 3.41. The fourth-order valence-electron chi connectivity index (χ4n) is 5.75. The van der Waals surface area contributed by atoms with E-state index in [9.17, 15) is 4.79 Å². The van der Waals surface area contributed by atoms with Gasteiger partial charge in [-0.2, -0.15) is 0 Å². The molecule has 3 N–H and O–H groups in total. The van der Waals surface area contributed by atoms with Crippen molar-refractivity contribution in [3.8, 4) is 22.5 Å². The minimum absolute atomic E-state index is 0.181. The van der Waals surface area contributed by atoms with Gasteiger partial charge in [0.05, 0.1) is 12.1 Å². The highest BCUT2D eigenvalue weighted by molar-refractivity contribution is 6.30. The van der Waals surface area contributed by atoms with Gasteiger partial charge in [-0.25, -0.2) is 4.98 Å². The molecule has 0 unspecified atom stereocenters. The van der Waals surface area contributed by atoms with Gasteiger partial charge in [0.2, 0.25) is 0 Å². The minimum atomic E-state index is -0.181. The van der Waals surface area contributed by atoms with Gasteiger partial charge in [0, 0.05) is 66.3 Å². The Morgan fingerprint density at radius 1 is 0.976 bits per heavy atom. The maximum Gasteiger partial charge on any atom is 0.294 e. The molecule has 8 heteroatoms. The molecular formula is C34H28ClN5O2. The summed E-state index contributed by atoms with van der Waals surface area (Å²) in [7, 11) is 0. The first-order valence-corrected chi connectivity index (χ1v) is 14.3. The molecule has 2 aliphatic heterocycles. The summed E-state index contributed by atoms with van der Waals surface area (Å²) in [5.41, 5.74) is 13.2. The molecule has 0 aliphatic carbocycles. The molecule has 1 amide bonds. The normalized spacial score (nSPS) is 14.6. The van der Waals surface area contributed by atoms with Crippen LogP contribution in [-0.2, 0) is 13.0 Å². The Balaban J connectivity index is 1.33. The van der Waals surface area contributed by atoms with Gasteiger partial charge in [-0.1, -0.05) is 41.9 Å². The van der Waals surface area contributed by atoms with Crippen molar-refractivity contribution in [1.82, 2.24) is 10.3 Å². The summed E-state index contributed by atoms with van der Waals surface area (Å²) in [4.78, 5) is 22.8. The largest absolute Gasteiger partial charge is 0.451 e. The highest BCUT2D eigenvalue weighted by atomic mass is 35.5. The third-order valence-electron chi connectivity index (χ3n) is 7.89. The molecule has 7 nitrogen and oxygen atoms in total. The van der Waals surface area contributed by atoms with E-state index in [1.165, 1.54) is 0 Å². The van der Waals surface area contributed by atoms with Crippen LogP contribution in [0.1, 0.15) is 27.2 Å². The van der Waals surface area contributed by atoms with Gasteiger partial charge in [0.25, 0.3) is 5.91 Å². The van der Waals surface area contributed by atoms with Crippen LogP contribution in [0.25, 0.3) is 22.5 Å². The summed E-state index contributed by atoms with van der Waals surface area (Å²) in [6.07, 6.45) is 2.27. The molecule has 5 aromatic rings. The number of nitrogen functional groups attached to an aromatic ring is 1. The van der Waals surface area contributed by atoms with E-state index in [4.69, 9.17) is 21.8 Å². The lowest BCUT2D eigenvalue weighted by molar-refractivity contribution is 0.0959. The van der Waals surface area contributed by atoms with E-state index in [0.29, 0.717) is 29.5 Å². The number of nitrogens with two attached hydrogens (primary N) is 1. The van der Waals surface area contributed by atoms with Gasteiger partial charge >= 0.3 is 0 Å². The molecule has 0 saturated carbocycles. The maximum atomic E-state index is 14.3. The number of hydrogen-bond acceptors (Lipinski definition) is 6. The zero-order valence-corrected chi connectivity index (χ0v) is 23.6. The highest BCUT2D eigenvalue weighted by Gasteiger charge is 2.32. The Kier molecular flexibility index (Phi) is 6.79. The standard InChI is InChI=1S/C34H28ClN5O2/c35-27-8-5-22(6-9-27)31-19-26-17-25-18-28(39-15-13-37-14-16-39)10-11-30(25)40(34(41)33(26)42-31)21-24-3-1-2-4-29(24)23-7-12-32(36)38-20-23/h1-6,8-11,18-20,37H,13-17,21H2,(H2,36,38). The van der Waals surface area contributed by atoms with Gasteiger partial charge in [0.1, 0.15) is 5.76 Å². The zero-order chi connectivity index (χ0) is 28.6. The molecule has 2 aromatic heterocycles. The van der Waals surface area contributed by atoms with E-state index >= 15 is 0 Å².